The molecule has 0 radical (unpaired) electrons. The highest BCUT2D eigenvalue weighted by Gasteiger charge is 2.42. The highest BCUT2D eigenvalue weighted by Crippen LogP contribution is 2.39. The van der Waals surface area contributed by atoms with Gasteiger partial charge in [-0.25, -0.2) is 18.3 Å². The van der Waals surface area contributed by atoms with E-state index in [9.17, 15) is 13.6 Å². The summed E-state index contributed by atoms with van der Waals surface area (Å²) in [6.45, 7) is 6.58. The fraction of sp³-hybridized carbons (Fsp3) is 0.630. The molecule has 1 N–H and O–H groups in total. The predicted molar refractivity (Wildman–Crippen MR) is 139 cm³/mol. The van der Waals surface area contributed by atoms with Crippen molar-refractivity contribution in [2.75, 3.05) is 29.9 Å². The number of carbonyl (C=O) groups is 1. The van der Waals surface area contributed by atoms with Crippen LogP contribution in [0.2, 0.25) is 0 Å². The molecule has 9 nitrogen and oxygen atoms in total. The summed E-state index contributed by atoms with van der Waals surface area (Å²) in [5.74, 6) is 1.48. The van der Waals surface area contributed by atoms with E-state index in [0.29, 0.717) is 24.1 Å². The van der Waals surface area contributed by atoms with Gasteiger partial charge in [-0.15, -0.1) is 0 Å². The van der Waals surface area contributed by atoms with Crippen molar-refractivity contribution in [2.45, 2.75) is 76.9 Å². The van der Waals surface area contributed by atoms with Crippen molar-refractivity contribution < 1.29 is 18.3 Å². The number of ether oxygens (including phenoxy) is 1. The number of fused-ring (bicyclic) bond motifs is 1. The molecule has 2 aliphatic carbocycles. The van der Waals surface area contributed by atoms with Crippen molar-refractivity contribution in [3.63, 3.8) is 0 Å². The van der Waals surface area contributed by atoms with Crippen LogP contribution in [0, 0.1) is 11.8 Å². The Kier molecular flexibility index (Phi) is 6.57. The van der Waals surface area contributed by atoms with Crippen LogP contribution in [0.4, 0.5) is 20.3 Å². The van der Waals surface area contributed by atoms with Gasteiger partial charge in [0.15, 0.2) is 11.3 Å². The van der Waals surface area contributed by atoms with E-state index >= 15 is 0 Å². The third kappa shape index (κ3) is 4.65. The lowest BCUT2D eigenvalue weighted by atomic mass is 9.79. The summed E-state index contributed by atoms with van der Waals surface area (Å²) in [5.41, 5.74) is 0.142. The first-order valence-corrected chi connectivity index (χ1v) is 13.7. The molecule has 0 aromatic carbocycles. The Balaban J connectivity index is 1.22. The molecular formula is C27H35F2N7O2. The second kappa shape index (κ2) is 9.91. The van der Waals surface area contributed by atoms with E-state index in [4.69, 9.17) is 9.72 Å². The topological polar surface area (TPSA) is 89.6 Å². The molecular weight excluding hydrogens is 492 g/mol. The first kappa shape index (κ1) is 25.2. The Morgan fingerprint density at radius 2 is 2.00 bits per heavy atom. The summed E-state index contributed by atoms with van der Waals surface area (Å²) in [6.07, 6.45) is 9.10. The predicted octanol–water partition coefficient (Wildman–Crippen LogP) is 5.26. The Morgan fingerprint density at radius 1 is 1.21 bits per heavy atom. The van der Waals surface area contributed by atoms with E-state index in [2.05, 4.69) is 34.3 Å². The zero-order valence-electron chi connectivity index (χ0n) is 21.9. The lowest BCUT2D eigenvalue weighted by Gasteiger charge is -2.48. The molecule has 0 unspecified atom stereocenters. The average molecular weight is 528 g/mol. The summed E-state index contributed by atoms with van der Waals surface area (Å²) >= 11 is 0. The molecule has 204 valence electrons. The Bertz CT molecular complexity index is 1310. The maximum atomic E-state index is 13.9. The maximum Gasteiger partial charge on any atom is 0.284 e. The van der Waals surface area contributed by atoms with Crippen LogP contribution in [0.15, 0.2) is 24.7 Å². The molecule has 3 aliphatic rings. The van der Waals surface area contributed by atoms with Crippen molar-refractivity contribution >= 4 is 23.1 Å². The van der Waals surface area contributed by atoms with Gasteiger partial charge in [-0.05, 0) is 62.8 Å². The van der Waals surface area contributed by atoms with Crippen LogP contribution in [0.5, 0.6) is 0 Å². The molecule has 4 heterocycles. The van der Waals surface area contributed by atoms with Gasteiger partial charge in [-0.3, -0.25) is 9.48 Å². The van der Waals surface area contributed by atoms with Crippen molar-refractivity contribution in [3.8, 4) is 0 Å². The number of nitrogens with zero attached hydrogens (tertiary/aromatic N) is 6. The summed E-state index contributed by atoms with van der Waals surface area (Å²) in [5, 5.41) is 11.1. The van der Waals surface area contributed by atoms with Crippen LogP contribution < -0.4 is 10.2 Å². The molecule has 0 bridgehead atoms. The van der Waals surface area contributed by atoms with Crippen LogP contribution in [0.25, 0.3) is 5.65 Å². The van der Waals surface area contributed by atoms with Gasteiger partial charge in [0.25, 0.3) is 12.3 Å². The molecule has 3 fully saturated rings. The van der Waals surface area contributed by atoms with Crippen molar-refractivity contribution in [3.05, 3.63) is 35.9 Å². The molecule has 38 heavy (non-hydrogen) atoms. The standard InChI is InChI=1S/C27H35F2N7O2/c1-17(2)18-4-6-19(7-5-18)36-15-21(23(33-36)24(28)29)31-26(37)20-14-30-35-11-8-22(32-25(20)35)34-12-13-38-27(16-34)9-3-10-27/h8,11,14-15,17-19,24H,3-7,9-10,12-13,16H2,1-2H3,(H,31,37)/t18-,19-. The number of nitrogens with one attached hydrogen (secondary N) is 1. The third-order valence-electron chi connectivity index (χ3n) is 8.71. The Labute approximate surface area is 220 Å². The highest BCUT2D eigenvalue weighted by molar-refractivity contribution is 6.08. The van der Waals surface area contributed by atoms with E-state index in [0.717, 1.165) is 57.4 Å². The summed E-state index contributed by atoms with van der Waals surface area (Å²) in [4.78, 5) is 20.2. The molecule has 1 aliphatic heterocycles. The van der Waals surface area contributed by atoms with E-state index in [1.54, 1.807) is 17.1 Å². The molecule has 1 amide bonds. The Hall–Kier alpha value is -3.08. The van der Waals surface area contributed by atoms with Crippen molar-refractivity contribution in [1.82, 2.24) is 24.4 Å². The molecule has 3 aromatic rings. The molecule has 11 heteroatoms. The van der Waals surface area contributed by atoms with E-state index in [1.165, 1.54) is 17.1 Å². The van der Waals surface area contributed by atoms with Crippen molar-refractivity contribution in [2.24, 2.45) is 11.8 Å². The first-order valence-electron chi connectivity index (χ1n) is 13.7. The molecule has 2 saturated carbocycles. The fourth-order valence-electron chi connectivity index (χ4n) is 6.18. The number of morpholine rings is 1. The minimum Gasteiger partial charge on any atom is -0.371 e. The minimum atomic E-state index is -2.80. The fourth-order valence-corrected chi connectivity index (χ4v) is 6.18. The van der Waals surface area contributed by atoms with Gasteiger partial charge in [-0.1, -0.05) is 13.8 Å². The number of aromatic nitrogens is 5. The number of halogens is 2. The number of hydrogen-bond acceptors (Lipinski definition) is 6. The van der Waals surface area contributed by atoms with E-state index < -0.39 is 18.0 Å². The number of rotatable bonds is 6. The zero-order valence-corrected chi connectivity index (χ0v) is 21.9. The van der Waals surface area contributed by atoms with Gasteiger partial charge in [0, 0.05) is 25.5 Å². The molecule has 6 rings (SSSR count). The monoisotopic (exact) mass is 527 g/mol. The summed E-state index contributed by atoms with van der Waals surface area (Å²) in [6, 6.07) is 1.94. The summed E-state index contributed by atoms with van der Waals surface area (Å²) < 4.78 is 37.0. The number of hydrogen-bond donors (Lipinski definition) is 1. The second-order valence-electron chi connectivity index (χ2n) is 11.4. The van der Waals surface area contributed by atoms with Gasteiger partial charge in [-0.2, -0.15) is 10.2 Å². The highest BCUT2D eigenvalue weighted by atomic mass is 19.3. The normalized spacial score (nSPS) is 23.4. The van der Waals surface area contributed by atoms with Gasteiger partial charge in [0.1, 0.15) is 11.4 Å². The van der Waals surface area contributed by atoms with E-state index in [1.807, 2.05) is 6.07 Å². The average Bonchev–Trinajstić information content (AvgIpc) is 3.52. The van der Waals surface area contributed by atoms with Gasteiger partial charge in [0.2, 0.25) is 0 Å². The quantitative estimate of drug-likeness (QED) is 0.470. The molecule has 1 spiro atoms. The van der Waals surface area contributed by atoms with Crippen LogP contribution in [0.3, 0.4) is 0 Å². The van der Waals surface area contributed by atoms with Gasteiger partial charge >= 0.3 is 0 Å². The SMILES string of the molecule is CC(C)[C@H]1CC[C@H](n2cc(NC(=O)c3cnn4ccc(N5CCOC6(CCC6)C5)nc34)c(C(F)F)n2)CC1. The molecule has 0 atom stereocenters. The lowest BCUT2D eigenvalue weighted by molar-refractivity contribution is -0.106. The summed E-state index contributed by atoms with van der Waals surface area (Å²) in [7, 11) is 0. The lowest BCUT2D eigenvalue weighted by Crippen LogP contribution is -2.56. The zero-order chi connectivity index (χ0) is 26.4. The van der Waals surface area contributed by atoms with E-state index in [-0.39, 0.29) is 22.9 Å². The molecule has 3 aromatic heterocycles. The van der Waals surface area contributed by atoms with Crippen LogP contribution >= 0.6 is 0 Å². The van der Waals surface area contributed by atoms with Crippen molar-refractivity contribution in [1.29, 1.82) is 0 Å². The first-order chi connectivity index (χ1) is 18.3. The number of amides is 1. The molecule has 1 saturated heterocycles. The number of alkyl halides is 2. The van der Waals surface area contributed by atoms with Gasteiger partial charge in [0.05, 0.1) is 30.1 Å². The second-order valence-corrected chi connectivity index (χ2v) is 11.4. The maximum absolute atomic E-state index is 13.9. The number of anilines is 2. The van der Waals surface area contributed by atoms with Crippen LogP contribution in [0.1, 0.15) is 87.3 Å². The minimum absolute atomic E-state index is 0.0339. The van der Waals surface area contributed by atoms with Crippen LogP contribution in [-0.2, 0) is 4.74 Å². The smallest absolute Gasteiger partial charge is 0.284 e. The van der Waals surface area contributed by atoms with Crippen LogP contribution in [-0.4, -0.2) is 55.6 Å². The third-order valence-corrected chi connectivity index (χ3v) is 8.71. The Morgan fingerprint density at radius 3 is 2.68 bits per heavy atom. The number of carbonyl (C=O) groups excluding carboxylic acids is 1. The van der Waals surface area contributed by atoms with Gasteiger partial charge < -0.3 is 15.0 Å². The largest absolute Gasteiger partial charge is 0.371 e.